The number of nitrogens with two attached hydrogens (primary N) is 1. The number of hydrogen-bond donors (Lipinski definition) is 2. The molecule has 3 N–H and O–H groups in total. The molecule has 0 aliphatic rings. The van der Waals surface area contributed by atoms with Crippen LogP contribution in [0.15, 0.2) is 35.2 Å². The Bertz CT molecular complexity index is 805. The Hall–Kier alpha value is -2.15. The summed E-state index contributed by atoms with van der Waals surface area (Å²) in [5.74, 6) is -2.77. The summed E-state index contributed by atoms with van der Waals surface area (Å²) >= 11 is 0. The Balaban J connectivity index is 2.51. The van der Waals surface area contributed by atoms with E-state index in [2.05, 4.69) is 4.72 Å². The maximum atomic E-state index is 13.7. The first-order chi connectivity index (χ1) is 9.72. The van der Waals surface area contributed by atoms with Gasteiger partial charge in [0, 0.05) is 5.69 Å². The van der Waals surface area contributed by atoms with Gasteiger partial charge >= 0.3 is 0 Å². The molecule has 0 spiro atoms. The number of sulfonamides is 1. The Morgan fingerprint density at radius 2 is 1.81 bits per heavy atom. The molecule has 0 saturated carbocycles. The first kappa shape index (κ1) is 15.2. The summed E-state index contributed by atoms with van der Waals surface area (Å²) in [6.45, 7) is 3.54. The van der Waals surface area contributed by atoms with E-state index in [1.54, 1.807) is 19.1 Å². The zero-order valence-corrected chi connectivity index (χ0v) is 12.3. The summed E-state index contributed by atoms with van der Waals surface area (Å²) < 4.78 is 53.7. The zero-order valence-electron chi connectivity index (χ0n) is 11.4. The van der Waals surface area contributed by atoms with Gasteiger partial charge in [0.25, 0.3) is 10.0 Å². The molecule has 0 fully saturated rings. The second kappa shape index (κ2) is 5.33. The van der Waals surface area contributed by atoms with Crippen molar-refractivity contribution in [1.29, 1.82) is 0 Å². The van der Waals surface area contributed by atoms with Crippen LogP contribution in [0.2, 0.25) is 0 Å². The minimum Gasteiger partial charge on any atom is -0.399 e. The van der Waals surface area contributed by atoms with Crippen molar-refractivity contribution in [3.05, 3.63) is 53.1 Å². The van der Waals surface area contributed by atoms with Crippen molar-refractivity contribution in [3.63, 3.8) is 0 Å². The van der Waals surface area contributed by atoms with Crippen molar-refractivity contribution < 1.29 is 17.2 Å². The second-order valence-corrected chi connectivity index (χ2v) is 6.32. The van der Waals surface area contributed by atoms with Gasteiger partial charge in [-0.2, -0.15) is 0 Å². The van der Waals surface area contributed by atoms with Crippen molar-refractivity contribution in [2.24, 2.45) is 0 Å². The van der Waals surface area contributed by atoms with Gasteiger partial charge in [-0.05, 0) is 43.2 Å². The second-order valence-electron chi connectivity index (χ2n) is 4.67. The molecule has 7 heteroatoms. The van der Waals surface area contributed by atoms with E-state index in [-0.39, 0.29) is 5.69 Å². The predicted molar refractivity (Wildman–Crippen MR) is 77.5 cm³/mol. The van der Waals surface area contributed by atoms with Crippen LogP contribution in [0.1, 0.15) is 11.1 Å². The highest BCUT2D eigenvalue weighted by Crippen LogP contribution is 2.25. The van der Waals surface area contributed by atoms with E-state index in [1.165, 1.54) is 0 Å². The van der Waals surface area contributed by atoms with Crippen molar-refractivity contribution in [2.45, 2.75) is 18.7 Å². The van der Waals surface area contributed by atoms with Crippen LogP contribution < -0.4 is 10.5 Å². The average Bonchev–Trinajstić information content (AvgIpc) is 2.39. The van der Waals surface area contributed by atoms with Crippen molar-refractivity contribution >= 4 is 21.4 Å². The summed E-state index contributed by atoms with van der Waals surface area (Å²) in [5.41, 5.74) is 7.08. The monoisotopic (exact) mass is 312 g/mol. The normalized spacial score (nSPS) is 11.4. The number of nitrogens with one attached hydrogen (secondary N) is 1. The molecule has 2 aromatic carbocycles. The van der Waals surface area contributed by atoms with Crippen LogP contribution in [0.25, 0.3) is 0 Å². The Kier molecular flexibility index (Phi) is 3.87. The first-order valence-electron chi connectivity index (χ1n) is 6.06. The smallest absolute Gasteiger partial charge is 0.265 e. The number of hydrogen-bond acceptors (Lipinski definition) is 3. The topological polar surface area (TPSA) is 72.2 Å². The number of anilines is 2. The SMILES string of the molecule is Cc1cccc(NS(=O)(=O)c2cc(N)cc(F)c2F)c1C. The van der Waals surface area contributed by atoms with Crippen LogP contribution in [0.3, 0.4) is 0 Å². The molecule has 0 heterocycles. The molecular formula is C14H14F2N2O2S. The highest BCUT2D eigenvalue weighted by molar-refractivity contribution is 7.92. The largest absolute Gasteiger partial charge is 0.399 e. The molecule has 0 aromatic heterocycles. The maximum absolute atomic E-state index is 13.7. The standard InChI is InChI=1S/C14H14F2N2O2S/c1-8-4-3-5-12(9(8)2)18-21(19,20)13-7-10(17)6-11(15)14(13)16/h3-7,18H,17H2,1-2H3. The zero-order chi connectivity index (χ0) is 15.8. The molecule has 0 atom stereocenters. The van der Waals surface area contributed by atoms with Gasteiger partial charge in [-0.25, -0.2) is 17.2 Å². The van der Waals surface area contributed by atoms with Crippen LogP contribution in [0, 0.1) is 25.5 Å². The molecular weight excluding hydrogens is 298 g/mol. The lowest BCUT2D eigenvalue weighted by atomic mass is 10.1. The van der Waals surface area contributed by atoms with E-state index < -0.39 is 26.6 Å². The van der Waals surface area contributed by atoms with Gasteiger partial charge in [0.15, 0.2) is 11.6 Å². The third-order valence-electron chi connectivity index (χ3n) is 3.16. The Morgan fingerprint density at radius 3 is 2.48 bits per heavy atom. The number of halogens is 2. The van der Waals surface area contributed by atoms with Gasteiger partial charge in [-0.3, -0.25) is 4.72 Å². The minimum atomic E-state index is -4.27. The molecule has 0 radical (unpaired) electrons. The minimum absolute atomic E-state index is 0.171. The van der Waals surface area contributed by atoms with Gasteiger partial charge in [0.05, 0.1) is 5.69 Å². The number of benzene rings is 2. The van der Waals surface area contributed by atoms with Crippen molar-refractivity contribution in [1.82, 2.24) is 0 Å². The van der Waals surface area contributed by atoms with Gasteiger partial charge in [0.2, 0.25) is 0 Å². The van der Waals surface area contributed by atoms with E-state index >= 15 is 0 Å². The summed E-state index contributed by atoms with van der Waals surface area (Å²) in [4.78, 5) is -0.819. The summed E-state index contributed by atoms with van der Waals surface area (Å²) in [5, 5.41) is 0. The van der Waals surface area contributed by atoms with Crippen LogP contribution in [-0.4, -0.2) is 8.42 Å². The highest BCUT2D eigenvalue weighted by Gasteiger charge is 2.23. The molecule has 112 valence electrons. The van der Waals surface area contributed by atoms with Gasteiger partial charge < -0.3 is 5.73 Å². The molecule has 0 bridgehead atoms. The van der Waals surface area contributed by atoms with Gasteiger partial charge in [-0.15, -0.1) is 0 Å². The molecule has 21 heavy (non-hydrogen) atoms. The van der Waals surface area contributed by atoms with Crippen LogP contribution >= 0.6 is 0 Å². The highest BCUT2D eigenvalue weighted by atomic mass is 32.2. The molecule has 0 amide bonds. The van der Waals surface area contributed by atoms with E-state index in [4.69, 9.17) is 5.73 Å². The molecule has 0 aliphatic heterocycles. The molecule has 4 nitrogen and oxygen atoms in total. The van der Waals surface area contributed by atoms with E-state index in [9.17, 15) is 17.2 Å². The average molecular weight is 312 g/mol. The quantitative estimate of drug-likeness (QED) is 0.856. The predicted octanol–water partition coefficient (Wildman–Crippen LogP) is 2.96. The summed E-state index contributed by atoms with van der Waals surface area (Å²) in [7, 11) is -4.27. The van der Waals surface area contributed by atoms with Gasteiger partial charge in [-0.1, -0.05) is 12.1 Å². The van der Waals surface area contributed by atoms with Crippen molar-refractivity contribution in [2.75, 3.05) is 10.5 Å². The van der Waals surface area contributed by atoms with E-state index in [0.717, 1.165) is 17.7 Å². The molecule has 0 aliphatic carbocycles. The maximum Gasteiger partial charge on any atom is 0.265 e. The fraction of sp³-hybridized carbons (Fsp3) is 0.143. The van der Waals surface area contributed by atoms with E-state index in [0.29, 0.717) is 11.3 Å². The van der Waals surface area contributed by atoms with Crippen LogP contribution in [-0.2, 0) is 10.0 Å². The van der Waals surface area contributed by atoms with Crippen LogP contribution in [0.5, 0.6) is 0 Å². The first-order valence-corrected chi connectivity index (χ1v) is 7.54. The van der Waals surface area contributed by atoms with Crippen molar-refractivity contribution in [3.8, 4) is 0 Å². The molecule has 2 aromatic rings. The van der Waals surface area contributed by atoms with Crippen LogP contribution in [0.4, 0.5) is 20.2 Å². The van der Waals surface area contributed by atoms with Gasteiger partial charge in [0.1, 0.15) is 4.90 Å². The lowest BCUT2D eigenvalue weighted by Crippen LogP contribution is -2.16. The molecule has 0 unspecified atom stereocenters. The fourth-order valence-corrected chi connectivity index (χ4v) is 3.09. The molecule has 2 rings (SSSR count). The number of rotatable bonds is 3. The number of aryl methyl sites for hydroxylation is 1. The lowest BCUT2D eigenvalue weighted by molar-refractivity contribution is 0.486. The Morgan fingerprint density at radius 1 is 1.14 bits per heavy atom. The summed E-state index contributed by atoms with van der Waals surface area (Å²) in [6, 6.07) is 6.63. The summed E-state index contributed by atoms with van der Waals surface area (Å²) in [6.07, 6.45) is 0. The number of nitrogen functional groups attached to an aromatic ring is 1. The fourth-order valence-electron chi connectivity index (χ4n) is 1.84. The third-order valence-corrected chi connectivity index (χ3v) is 4.52. The third kappa shape index (κ3) is 2.97. The molecule has 0 saturated heterocycles. The van der Waals surface area contributed by atoms with E-state index in [1.807, 2.05) is 13.0 Å². The Labute approximate surface area is 121 Å². The lowest BCUT2D eigenvalue weighted by Gasteiger charge is -2.13.